The molecule has 0 aromatic heterocycles. The van der Waals surface area contributed by atoms with E-state index in [0.717, 1.165) is 0 Å². The molecule has 0 fully saturated rings. The predicted octanol–water partition coefficient (Wildman–Crippen LogP) is 0.995. The first-order chi connectivity index (χ1) is 10.3. The molecule has 0 aliphatic rings. The fourth-order valence-corrected chi connectivity index (χ4v) is 2.75. The number of amides is 2. The maximum atomic E-state index is 12.2. The molecule has 0 unspecified atom stereocenters. The average molecular weight is 327 g/mol. The van der Waals surface area contributed by atoms with Crippen LogP contribution in [0.15, 0.2) is 41.8 Å². The molecule has 3 N–H and O–H groups in total. The maximum Gasteiger partial charge on any atom is 0.319 e. The van der Waals surface area contributed by atoms with E-state index in [-0.39, 0.29) is 24.1 Å². The van der Waals surface area contributed by atoms with Crippen molar-refractivity contribution in [3.8, 4) is 0 Å². The van der Waals surface area contributed by atoms with E-state index in [2.05, 4.69) is 17.2 Å². The predicted molar refractivity (Wildman–Crippen MR) is 85.2 cm³/mol. The number of benzene rings is 1. The summed E-state index contributed by atoms with van der Waals surface area (Å²) in [6.07, 6.45) is 1.50. The molecule has 0 aliphatic heterocycles. The van der Waals surface area contributed by atoms with Crippen LogP contribution >= 0.6 is 0 Å². The van der Waals surface area contributed by atoms with Gasteiger partial charge in [0.1, 0.15) is 0 Å². The zero-order chi connectivity index (χ0) is 16.8. The molecule has 0 spiro atoms. The van der Waals surface area contributed by atoms with Crippen LogP contribution in [0.2, 0.25) is 0 Å². The Morgan fingerprint density at radius 1 is 1.41 bits per heavy atom. The lowest BCUT2D eigenvalue weighted by molar-refractivity contribution is 0.229. The van der Waals surface area contributed by atoms with E-state index < -0.39 is 16.1 Å². The molecule has 7 nitrogen and oxygen atoms in total. The van der Waals surface area contributed by atoms with Crippen LogP contribution in [0.5, 0.6) is 0 Å². The molecule has 8 heteroatoms. The fraction of sp³-hybridized carbons (Fsp3) is 0.357. The molecular weight excluding hydrogens is 306 g/mol. The zero-order valence-electron chi connectivity index (χ0n) is 12.6. The van der Waals surface area contributed by atoms with Gasteiger partial charge in [0.15, 0.2) is 0 Å². The largest absolute Gasteiger partial charge is 0.394 e. The van der Waals surface area contributed by atoms with Crippen molar-refractivity contribution in [3.05, 3.63) is 36.9 Å². The van der Waals surface area contributed by atoms with Crippen LogP contribution < -0.4 is 10.6 Å². The van der Waals surface area contributed by atoms with Gasteiger partial charge in [-0.15, -0.1) is 6.58 Å². The van der Waals surface area contributed by atoms with Crippen LogP contribution in [0.3, 0.4) is 0 Å². The van der Waals surface area contributed by atoms with E-state index in [1.807, 2.05) is 0 Å². The Bertz CT molecular complexity index is 613. The molecule has 0 heterocycles. The summed E-state index contributed by atoms with van der Waals surface area (Å²) in [5.41, 5.74) is 0.452. The van der Waals surface area contributed by atoms with Gasteiger partial charge in [-0.25, -0.2) is 13.2 Å². The van der Waals surface area contributed by atoms with Gasteiger partial charge in [-0.1, -0.05) is 6.08 Å². The Labute approximate surface area is 130 Å². The highest BCUT2D eigenvalue weighted by molar-refractivity contribution is 7.89. The number of nitrogens with one attached hydrogen (secondary N) is 2. The first-order valence-electron chi connectivity index (χ1n) is 6.67. The monoisotopic (exact) mass is 327 g/mol. The molecule has 122 valence electrons. The average Bonchev–Trinajstić information content (AvgIpc) is 2.47. The second-order valence-electron chi connectivity index (χ2n) is 4.78. The van der Waals surface area contributed by atoms with Crippen molar-refractivity contribution >= 4 is 21.7 Å². The van der Waals surface area contributed by atoms with E-state index >= 15 is 0 Å². The summed E-state index contributed by atoms with van der Waals surface area (Å²) in [6.45, 7) is 5.21. The number of hydrogen-bond donors (Lipinski definition) is 3. The number of aliphatic hydroxyl groups excluding tert-OH is 1. The molecule has 0 bridgehead atoms. The van der Waals surface area contributed by atoms with E-state index in [9.17, 15) is 13.2 Å². The minimum absolute atomic E-state index is 0.131. The van der Waals surface area contributed by atoms with Crippen molar-refractivity contribution in [2.75, 3.05) is 25.5 Å². The molecule has 1 aromatic carbocycles. The summed E-state index contributed by atoms with van der Waals surface area (Å²) in [5.74, 6) is 0. The molecular formula is C14H21N3O4S. The Hall–Kier alpha value is -1.90. The molecule has 22 heavy (non-hydrogen) atoms. The maximum absolute atomic E-state index is 12.2. The van der Waals surface area contributed by atoms with Crippen molar-refractivity contribution in [1.82, 2.24) is 9.62 Å². The highest BCUT2D eigenvalue weighted by atomic mass is 32.2. The summed E-state index contributed by atoms with van der Waals surface area (Å²) in [6, 6.07) is 4.99. The van der Waals surface area contributed by atoms with Gasteiger partial charge in [-0.2, -0.15) is 4.31 Å². The van der Waals surface area contributed by atoms with Crippen molar-refractivity contribution in [3.63, 3.8) is 0 Å². The number of hydrogen-bond acceptors (Lipinski definition) is 4. The highest BCUT2D eigenvalue weighted by Crippen LogP contribution is 2.17. The number of nitrogens with zero attached hydrogens (tertiary/aromatic N) is 1. The van der Waals surface area contributed by atoms with Gasteiger partial charge in [0, 0.05) is 19.3 Å². The SMILES string of the molecule is C=CCN(C)S(=O)(=O)c1ccc(NC(=O)N[C@@H](C)CO)cc1. The second kappa shape index (κ2) is 7.92. The number of anilines is 1. The Morgan fingerprint density at radius 3 is 2.50 bits per heavy atom. The Balaban J connectivity index is 2.79. The van der Waals surface area contributed by atoms with Gasteiger partial charge >= 0.3 is 6.03 Å². The first kappa shape index (κ1) is 18.1. The van der Waals surface area contributed by atoms with Crippen molar-refractivity contribution in [2.24, 2.45) is 0 Å². The number of carbonyl (C=O) groups is 1. The smallest absolute Gasteiger partial charge is 0.319 e. The summed E-state index contributed by atoms with van der Waals surface area (Å²) in [5, 5.41) is 13.9. The Kier molecular flexibility index (Phi) is 6.54. The third-order valence-corrected chi connectivity index (χ3v) is 4.70. The van der Waals surface area contributed by atoms with Gasteiger partial charge in [-0.05, 0) is 31.2 Å². The van der Waals surface area contributed by atoms with Gasteiger partial charge in [0.2, 0.25) is 10.0 Å². The lowest BCUT2D eigenvalue weighted by atomic mass is 10.3. The minimum atomic E-state index is -3.57. The highest BCUT2D eigenvalue weighted by Gasteiger charge is 2.19. The van der Waals surface area contributed by atoms with Crippen LogP contribution in [0.1, 0.15) is 6.92 Å². The van der Waals surface area contributed by atoms with E-state index in [0.29, 0.717) is 5.69 Å². The second-order valence-corrected chi connectivity index (χ2v) is 6.83. The number of carbonyl (C=O) groups excluding carboxylic acids is 1. The molecule has 0 aliphatic carbocycles. The van der Waals surface area contributed by atoms with Gasteiger partial charge in [0.25, 0.3) is 0 Å². The number of aliphatic hydroxyl groups is 1. The van der Waals surface area contributed by atoms with Crippen LogP contribution in [0.4, 0.5) is 10.5 Å². The number of sulfonamides is 1. The van der Waals surface area contributed by atoms with Crippen LogP contribution in [0.25, 0.3) is 0 Å². The molecule has 1 rings (SSSR count). The van der Waals surface area contributed by atoms with Crippen molar-refractivity contribution < 1.29 is 18.3 Å². The zero-order valence-corrected chi connectivity index (χ0v) is 13.4. The summed E-state index contributed by atoms with van der Waals surface area (Å²) in [7, 11) is -2.10. The topological polar surface area (TPSA) is 98.7 Å². The molecule has 0 saturated carbocycles. The van der Waals surface area contributed by atoms with Crippen LogP contribution in [0, 0.1) is 0 Å². The molecule has 0 saturated heterocycles. The molecule has 2 amide bonds. The summed E-state index contributed by atoms with van der Waals surface area (Å²) in [4.78, 5) is 11.7. The van der Waals surface area contributed by atoms with E-state index in [4.69, 9.17) is 5.11 Å². The lowest BCUT2D eigenvalue weighted by Crippen LogP contribution is -2.38. The third-order valence-electron chi connectivity index (χ3n) is 2.86. The molecule has 0 radical (unpaired) electrons. The summed E-state index contributed by atoms with van der Waals surface area (Å²) >= 11 is 0. The molecule has 1 aromatic rings. The van der Waals surface area contributed by atoms with E-state index in [1.54, 1.807) is 6.92 Å². The third kappa shape index (κ3) is 4.83. The van der Waals surface area contributed by atoms with Crippen LogP contribution in [-0.2, 0) is 10.0 Å². The Morgan fingerprint density at radius 2 is 2.00 bits per heavy atom. The fourth-order valence-electron chi connectivity index (χ4n) is 1.61. The van der Waals surface area contributed by atoms with Gasteiger partial charge < -0.3 is 15.7 Å². The lowest BCUT2D eigenvalue weighted by Gasteiger charge is -2.16. The standard InChI is InChI=1S/C14H21N3O4S/c1-4-9-17(3)22(20,21)13-7-5-12(6-8-13)16-14(19)15-11(2)10-18/h4-8,11,18H,1,9-10H2,2-3H3,(H2,15,16,19)/t11-/m0/s1. The number of likely N-dealkylation sites (N-methyl/N-ethyl adjacent to an activating group) is 1. The van der Waals surface area contributed by atoms with Crippen LogP contribution in [-0.4, -0.2) is 50.1 Å². The van der Waals surface area contributed by atoms with Gasteiger partial charge in [-0.3, -0.25) is 0 Å². The molecule has 1 atom stereocenters. The number of urea groups is 1. The van der Waals surface area contributed by atoms with Crippen molar-refractivity contribution in [2.45, 2.75) is 17.9 Å². The number of rotatable bonds is 7. The quantitative estimate of drug-likeness (QED) is 0.651. The van der Waals surface area contributed by atoms with Crippen molar-refractivity contribution in [1.29, 1.82) is 0 Å². The minimum Gasteiger partial charge on any atom is -0.394 e. The normalized spacial score (nSPS) is 12.7. The van der Waals surface area contributed by atoms with E-state index in [1.165, 1.54) is 41.7 Å². The van der Waals surface area contributed by atoms with Gasteiger partial charge in [0.05, 0.1) is 17.5 Å². The summed E-state index contributed by atoms with van der Waals surface area (Å²) < 4.78 is 25.6. The first-order valence-corrected chi connectivity index (χ1v) is 8.11.